The molecule has 0 rings (SSSR count). The average molecular weight is 244 g/mol. The summed E-state index contributed by atoms with van der Waals surface area (Å²) in [7, 11) is 0. The summed E-state index contributed by atoms with van der Waals surface area (Å²) in [6, 6.07) is 0. The molecule has 0 heterocycles. The van der Waals surface area contributed by atoms with Crippen LogP contribution < -0.4 is 0 Å². The third kappa shape index (κ3) is 9.16. The van der Waals surface area contributed by atoms with Crippen LogP contribution in [0.3, 0.4) is 0 Å². The second-order valence-corrected chi connectivity index (χ2v) is 5.36. The molecule has 0 saturated carbocycles. The van der Waals surface area contributed by atoms with Gasteiger partial charge in [-0.15, -0.1) is 0 Å². The largest absolute Gasteiger partial charge is 0.460 e. The molecular weight excluding hydrogens is 216 g/mol. The van der Waals surface area contributed by atoms with Crippen molar-refractivity contribution in [3.05, 3.63) is 0 Å². The molecule has 0 spiro atoms. The van der Waals surface area contributed by atoms with Crippen LogP contribution in [-0.2, 0) is 14.3 Å². The molecule has 0 fully saturated rings. The molecule has 102 valence electrons. The van der Waals surface area contributed by atoms with Gasteiger partial charge in [0, 0.05) is 13.2 Å². The fourth-order valence-electron chi connectivity index (χ4n) is 1.59. The molecule has 0 aliphatic carbocycles. The lowest BCUT2D eigenvalue weighted by Crippen LogP contribution is -2.29. The molecule has 0 aliphatic heterocycles. The van der Waals surface area contributed by atoms with Gasteiger partial charge in [-0.25, -0.2) is 0 Å². The van der Waals surface area contributed by atoms with Gasteiger partial charge >= 0.3 is 5.97 Å². The predicted octanol–water partition coefficient (Wildman–Crippen LogP) is 3.56. The Balaban J connectivity index is 4.19. The van der Waals surface area contributed by atoms with E-state index in [4.69, 9.17) is 9.47 Å². The Morgan fingerprint density at radius 2 is 1.82 bits per heavy atom. The summed E-state index contributed by atoms with van der Waals surface area (Å²) in [4.78, 5) is 12.0. The number of hydrogen-bond donors (Lipinski definition) is 0. The van der Waals surface area contributed by atoms with Gasteiger partial charge in [0.15, 0.2) is 0 Å². The molecule has 0 saturated heterocycles. The SMILES string of the molecule is CCCCC(CCOCC)C(=O)OC(C)(C)C. The Morgan fingerprint density at radius 1 is 1.18 bits per heavy atom. The van der Waals surface area contributed by atoms with E-state index in [1.54, 1.807) is 0 Å². The van der Waals surface area contributed by atoms with Crippen LogP contribution in [0.4, 0.5) is 0 Å². The second kappa shape index (κ2) is 8.51. The highest BCUT2D eigenvalue weighted by Gasteiger charge is 2.24. The van der Waals surface area contributed by atoms with Crippen molar-refractivity contribution in [1.29, 1.82) is 0 Å². The van der Waals surface area contributed by atoms with Crippen LogP contribution in [-0.4, -0.2) is 24.8 Å². The second-order valence-electron chi connectivity index (χ2n) is 5.36. The van der Waals surface area contributed by atoms with Crippen molar-refractivity contribution in [3.8, 4) is 0 Å². The zero-order valence-electron chi connectivity index (χ0n) is 12.0. The smallest absolute Gasteiger partial charge is 0.309 e. The van der Waals surface area contributed by atoms with Crippen molar-refractivity contribution in [2.24, 2.45) is 5.92 Å². The maximum atomic E-state index is 12.0. The molecule has 3 nitrogen and oxygen atoms in total. The number of ether oxygens (including phenoxy) is 2. The fourth-order valence-corrected chi connectivity index (χ4v) is 1.59. The summed E-state index contributed by atoms with van der Waals surface area (Å²) >= 11 is 0. The molecule has 0 N–H and O–H groups in total. The number of hydrogen-bond acceptors (Lipinski definition) is 3. The van der Waals surface area contributed by atoms with Gasteiger partial charge < -0.3 is 9.47 Å². The molecule has 1 unspecified atom stereocenters. The van der Waals surface area contributed by atoms with Gasteiger partial charge in [0.25, 0.3) is 0 Å². The molecule has 0 amide bonds. The quantitative estimate of drug-likeness (QED) is 0.484. The first-order valence-corrected chi connectivity index (χ1v) is 6.71. The minimum atomic E-state index is -0.396. The molecular formula is C14H28O3. The molecule has 17 heavy (non-hydrogen) atoms. The topological polar surface area (TPSA) is 35.5 Å². The van der Waals surface area contributed by atoms with Crippen molar-refractivity contribution in [3.63, 3.8) is 0 Å². The van der Waals surface area contributed by atoms with E-state index in [1.807, 2.05) is 27.7 Å². The van der Waals surface area contributed by atoms with Crippen molar-refractivity contribution in [2.75, 3.05) is 13.2 Å². The van der Waals surface area contributed by atoms with Crippen LogP contribution in [0.2, 0.25) is 0 Å². The van der Waals surface area contributed by atoms with E-state index in [0.29, 0.717) is 13.2 Å². The van der Waals surface area contributed by atoms with Gasteiger partial charge in [0.05, 0.1) is 5.92 Å². The third-order valence-corrected chi connectivity index (χ3v) is 2.46. The summed E-state index contributed by atoms with van der Waals surface area (Å²) in [5.74, 6) is -0.0913. The Morgan fingerprint density at radius 3 is 2.29 bits per heavy atom. The van der Waals surface area contributed by atoms with E-state index < -0.39 is 5.60 Å². The summed E-state index contributed by atoms with van der Waals surface area (Å²) in [6.45, 7) is 11.2. The lowest BCUT2D eigenvalue weighted by Gasteiger charge is -2.24. The highest BCUT2D eigenvalue weighted by Crippen LogP contribution is 2.19. The summed E-state index contributed by atoms with van der Waals surface area (Å²) in [6.07, 6.45) is 3.84. The molecule has 0 aromatic carbocycles. The Kier molecular flexibility index (Phi) is 8.23. The predicted molar refractivity (Wildman–Crippen MR) is 70.0 cm³/mol. The normalized spacial score (nSPS) is 13.5. The lowest BCUT2D eigenvalue weighted by molar-refractivity contribution is -0.161. The van der Waals surface area contributed by atoms with Crippen LogP contribution in [0.25, 0.3) is 0 Å². The fraction of sp³-hybridized carbons (Fsp3) is 0.929. The minimum Gasteiger partial charge on any atom is -0.460 e. The van der Waals surface area contributed by atoms with Crippen molar-refractivity contribution >= 4 is 5.97 Å². The van der Waals surface area contributed by atoms with E-state index >= 15 is 0 Å². The molecule has 0 aliphatic rings. The lowest BCUT2D eigenvalue weighted by atomic mass is 9.98. The average Bonchev–Trinajstić information content (AvgIpc) is 2.20. The van der Waals surface area contributed by atoms with Crippen LogP contribution in [0, 0.1) is 5.92 Å². The van der Waals surface area contributed by atoms with Gasteiger partial charge in [-0.1, -0.05) is 19.8 Å². The standard InChI is InChI=1S/C14H28O3/c1-6-8-9-12(10-11-16-7-2)13(15)17-14(3,4)5/h12H,6-11H2,1-5H3. The number of esters is 1. The maximum absolute atomic E-state index is 12.0. The molecule has 0 aromatic rings. The van der Waals surface area contributed by atoms with Gasteiger partial charge in [0.1, 0.15) is 5.60 Å². The zero-order valence-corrected chi connectivity index (χ0v) is 12.0. The van der Waals surface area contributed by atoms with Crippen molar-refractivity contribution in [1.82, 2.24) is 0 Å². The highest BCUT2D eigenvalue weighted by atomic mass is 16.6. The van der Waals surface area contributed by atoms with E-state index in [0.717, 1.165) is 25.7 Å². The van der Waals surface area contributed by atoms with Crippen LogP contribution >= 0.6 is 0 Å². The minimum absolute atomic E-state index is 0.0132. The Hall–Kier alpha value is -0.570. The first kappa shape index (κ1) is 16.4. The van der Waals surface area contributed by atoms with Gasteiger partial charge in [0.2, 0.25) is 0 Å². The molecule has 0 bridgehead atoms. The van der Waals surface area contributed by atoms with E-state index in [1.165, 1.54) is 0 Å². The zero-order chi connectivity index (χ0) is 13.3. The Bertz CT molecular complexity index is 206. The van der Waals surface area contributed by atoms with Crippen LogP contribution in [0.1, 0.15) is 60.3 Å². The molecule has 3 heteroatoms. The number of carbonyl (C=O) groups excluding carboxylic acids is 1. The summed E-state index contributed by atoms with van der Waals surface area (Å²) < 4.78 is 10.7. The first-order chi connectivity index (χ1) is 7.90. The highest BCUT2D eigenvalue weighted by molar-refractivity contribution is 5.72. The summed E-state index contributed by atoms with van der Waals surface area (Å²) in [5, 5.41) is 0. The number of carbonyl (C=O) groups is 1. The van der Waals surface area contributed by atoms with Crippen LogP contribution in [0.15, 0.2) is 0 Å². The third-order valence-electron chi connectivity index (χ3n) is 2.46. The van der Waals surface area contributed by atoms with Crippen LogP contribution in [0.5, 0.6) is 0 Å². The van der Waals surface area contributed by atoms with Crippen molar-refractivity contribution < 1.29 is 14.3 Å². The Labute approximate surface area is 106 Å². The molecule has 1 atom stereocenters. The molecule has 0 radical (unpaired) electrons. The molecule has 0 aromatic heterocycles. The van der Waals surface area contributed by atoms with E-state index in [2.05, 4.69) is 6.92 Å². The van der Waals surface area contributed by atoms with Crippen molar-refractivity contribution in [2.45, 2.75) is 65.9 Å². The van der Waals surface area contributed by atoms with Gasteiger partial charge in [-0.05, 0) is 40.5 Å². The monoisotopic (exact) mass is 244 g/mol. The summed E-state index contributed by atoms with van der Waals surface area (Å²) in [5.41, 5.74) is -0.396. The van der Waals surface area contributed by atoms with E-state index in [-0.39, 0.29) is 11.9 Å². The number of rotatable bonds is 8. The first-order valence-electron chi connectivity index (χ1n) is 6.71. The maximum Gasteiger partial charge on any atom is 0.309 e. The van der Waals surface area contributed by atoms with Gasteiger partial charge in [-0.3, -0.25) is 4.79 Å². The number of unbranched alkanes of at least 4 members (excludes halogenated alkanes) is 1. The van der Waals surface area contributed by atoms with Gasteiger partial charge in [-0.2, -0.15) is 0 Å². The van der Waals surface area contributed by atoms with E-state index in [9.17, 15) is 4.79 Å².